The van der Waals surface area contributed by atoms with E-state index in [4.69, 9.17) is 5.73 Å². The summed E-state index contributed by atoms with van der Waals surface area (Å²) in [6.07, 6.45) is 1.73. The molecule has 0 amide bonds. The maximum absolute atomic E-state index is 12.7. The molecule has 0 bridgehead atoms. The first kappa shape index (κ1) is 9.13. The fourth-order valence-electron chi connectivity index (χ4n) is 1.02. The molecule has 0 saturated carbocycles. The first-order valence-electron chi connectivity index (χ1n) is 4.06. The molecule has 2 N–H and O–H groups in total. The van der Waals surface area contributed by atoms with Crippen LogP contribution in [0.2, 0.25) is 0 Å². The summed E-state index contributed by atoms with van der Waals surface area (Å²) >= 11 is 0. The van der Waals surface area contributed by atoms with E-state index in [-0.39, 0.29) is 5.82 Å². The van der Waals surface area contributed by atoms with Gasteiger partial charge in [-0.3, -0.25) is 4.98 Å². The van der Waals surface area contributed by atoms with Gasteiger partial charge in [-0.1, -0.05) is 0 Å². The monoisotopic (exact) mass is 168 g/mol. The van der Waals surface area contributed by atoms with Gasteiger partial charge in [0.05, 0.1) is 5.69 Å². The molecule has 12 heavy (non-hydrogen) atoms. The largest absolute Gasteiger partial charge is 0.330 e. The maximum Gasteiger partial charge on any atom is 0.144 e. The van der Waals surface area contributed by atoms with E-state index < -0.39 is 0 Å². The molecule has 0 aliphatic heterocycles. The van der Waals surface area contributed by atoms with Gasteiger partial charge >= 0.3 is 0 Å². The normalized spacial score (nSPS) is 10.2. The minimum atomic E-state index is -0.244. The van der Waals surface area contributed by atoms with Crippen molar-refractivity contribution >= 4 is 0 Å². The Hall–Kier alpha value is -0.960. The molecule has 0 aliphatic rings. The molecule has 0 saturated heterocycles. The minimum absolute atomic E-state index is 0.244. The highest BCUT2D eigenvalue weighted by molar-refractivity contribution is 5.12. The van der Waals surface area contributed by atoms with Crippen LogP contribution >= 0.6 is 0 Å². The van der Waals surface area contributed by atoms with Crippen molar-refractivity contribution in [3.8, 4) is 0 Å². The third-order valence-corrected chi connectivity index (χ3v) is 1.72. The molecule has 0 fully saturated rings. The molecular weight excluding hydrogens is 155 g/mol. The second-order valence-corrected chi connectivity index (χ2v) is 2.76. The van der Waals surface area contributed by atoms with E-state index >= 15 is 0 Å². The van der Waals surface area contributed by atoms with Gasteiger partial charge in [-0.05, 0) is 38.4 Å². The predicted molar refractivity (Wildman–Crippen MR) is 46.3 cm³/mol. The van der Waals surface area contributed by atoms with E-state index in [9.17, 15) is 4.39 Å². The van der Waals surface area contributed by atoms with Crippen LogP contribution in [0.25, 0.3) is 0 Å². The van der Waals surface area contributed by atoms with E-state index in [2.05, 4.69) is 4.98 Å². The number of nitrogens with two attached hydrogens (primary N) is 1. The Bertz CT molecular complexity index is 261. The van der Waals surface area contributed by atoms with Crippen LogP contribution in [0.5, 0.6) is 0 Å². The first-order valence-corrected chi connectivity index (χ1v) is 4.06. The van der Waals surface area contributed by atoms with Crippen molar-refractivity contribution in [1.29, 1.82) is 0 Å². The molecule has 1 aromatic rings. The van der Waals surface area contributed by atoms with Gasteiger partial charge in [0.1, 0.15) is 5.82 Å². The smallest absolute Gasteiger partial charge is 0.144 e. The average molecular weight is 168 g/mol. The Morgan fingerprint density at radius 1 is 1.50 bits per heavy atom. The van der Waals surface area contributed by atoms with E-state index in [0.717, 1.165) is 18.5 Å². The second kappa shape index (κ2) is 4.16. The van der Waals surface area contributed by atoms with Gasteiger partial charge in [0, 0.05) is 5.69 Å². The van der Waals surface area contributed by atoms with Crippen LogP contribution in [0, 0.1) is 12.7 Å². The van der Waals surface area contributed by atoms with Gasteiger partial charge in [-0.15, -0.1) is 0 Å². The summed E-state index contributed by atoms with van der Waals surface area (Å²) in [5.41, 5.74) is 6.72. The maximum atomic E-state index is 12.7. The fourth-order valence-corrected chi connectivity index (χ4v) is 1.02. The molecule has 0 radical (unpaired) electrons. The lowest BCUT2D eigenvalue weighted by molar-refractivity contribution is 0.606. The number of rotatable bonds is 3. The summed E-state index contributed by atoms with van der Waals surface area (Å²) in [5, 5.41) is 0. The van der Waals surface area contributed by atoms with E-state index in [1.165, 1.54) is 6.07 Å². The highest BCUT2D eigenvalue weighted by Crippen LogP contribution is 2.05. The molecule has 0 atom stereocenters. The molecule has 3 heteroatoms. The van der Waals surface area contributed by atoms with Crippen molar-refractivity contribution in [3.05, 3.63) is 29.3 Å². The zero-order valence-corrected chi connectivity index (χ0v) is 7.18. The Labute approximate surface area is 71.6 Å². The van der Waals surface area contributed by atoms with E-state index in [1.807, 2.05) is 0 Å². The van der Waals surface area contributed by atoms with Gasteiger partial charge in [-0.2, -0.15) is 0 Å². The topological polar surface area (TPSA) is 38.9 Å². The Kier molecular flexibility index (Phi) is 3.17. The lowest BCUT2D eigenvalue weighted by atomic mass is 10.2. The predicted octanol–water partition coefficient (Wildman–Crippen LogP) is 1.42. The zero-order valence-electron chi connectivity index (χ0n) is 7.18. The van der Waals surface area contributed by atoms with Gasteiger partial charge in [0.2, 0.25) is 0 Å². The first-order chi connectivity index (χ1) is 5.74. The number of pyridine rings is 1. The number of hydrogen-bond donors (Lipinski definition) is 1. The summed E-state index contributed by atoms with van der Waals surface area (Å²) in [4.78, 5) is 4.08. The molecule has 0 spiro atoms. The van der Waals surface area contributed by atoms with Crippen molar-refractivity contribution in [2.75, 3.05) is 6.54 Å². The summed E-state index contributed by atoms with van der Waals surface area (Å²) in [7, 11) is 0. The van der Waals surface area contributed by atoms with Crippen molar-refractivity contribution in [2.24, 2.45) is 5.73 Å². The molecule has 1 aromatic heterocycles. The van der Waals surface area contributed by atoms with Crippen LogP contribution in [-0.2, 0) is 6.42 Å². The fraction of sp³-hybridized carbons (Fsp3) is 0.444. The van der Waals surface area contributed by atoms with Crippen LogP contribution in [0.3, 0.4) is 0 Å². The summed E-state index contributed by atoms with van der Waals surface area (Å²) < 4.78 is 12.7. The molecule has 1 rings (SSSR count). The number of halogens is 1. The number of aryl methyl sites for hydroxylation is 2. The van der Waals surface area contributed by atoms with E-state index in [1.54, 1.807) is 13.0 Å². The molecule has 1 heterocycles. The van der Waals surface area contributed by atoms with Crippen LogP contribution < -0.4 is 5.73 Å². The van der Waals surface area contributed by atoms with Crippen LogP contribution in [0.1, 0.15) is 17.8 Å². The minimum Gasteiger partial charge on any atom is -0.330 e. The molecule has 0 aromatic carbocycles. The van der Waals surface area contributed by atoms with Crippen LogP contribution in [0.15, 0.2) is 12.1 Å². The molecule has 2 nitrogen and oxygen atoms in total. The van der Waals surface area contributed by atoms with Gasteiger partial charge in [0.15, 0.2) is 0 Å². The zero-order chi connectivity index (χ0) is 8.97. The van der Waals surface area contributed by atoms with Crippen LogP contribution in [0.4, 0.5) is 4.39 Å². The molecule has 0 unspecified atom stereocenters. The van der Waals surface area contributed by atoms with Crippen molar-refractivity contribution in [2.45, 2.75) is 19.8 Å². The lowest BCUT2D eigenvalue weighted by Gasteiger charge is -2.00. The standard InChI is InChI=1S/C9H13FN2/c1-7-9(10)5-4-8(12-7)3-2-6-11/h4-5H,2-3,6,11H2,1H3. The van der Waals surface area contributed by atoms with Crippen molar-refractivity contribution in [3.63, 3.8) is 0 Å². The Morgan fingerprint density at radius 2 is 2.25 bits per heavy atom. The Morgan fingerprint density at radius 3 is 2.83 bits per heavy atom. The van der Waals surface area contributed by atoms with Gasteiger partial charge < -0.3 is 5.73 Å². The average Bonchev–Trinajstić information content (AvgIpc) is 2.07. The van der Waals surface area contributed by atoms with E-state index in [0.29, 0.717) is 12.2 Å². The van der Waals surface area contributed by atoms with Crippen molar-refractivity contribution in [1.82, 2.24) is 4.98 Å². The van der Waals surface area contributed by atoms with Crippen molar-refractivity contribution < 1.29 is 4.39 Å². The summed E-state index contributed by atoms with van der Waals surface area (Å²) in [6.45, 7) is 2.32. The Balaban J connectivity index is 2.69. The second-order valence-electron chi connectivity index (χ2n) is 2.76. The molecule has 0 aliphatic carbocycles. The molecule has 66 valence electrons. The SMILES string of the molecule is Cc1nc(CCCN)ccc1F. The van der Waals surface area contributed by atoms with Crippen LogP contribution in [-0.4, -0.2) is 11.5 Å². The third kappa shape index (κ3) is 2.27. The van der Waals surface area contributed by atoms with Gasteiger partial charge in [-0.25, -0.2) is 4.39 Å². The highest BCUT2D eigenvalue weighted by atomic mass is 19.1. The third-order valence-electron chi connectivity index (χ3n) is 1.72. The molecular formula is C9H13FN2. The number of hydrogen-bond acceptors (Lipinski definition) is 2. The lowest BCUT2D eigenvalue weighted by Crippen LogP contribution is -2.02. The summed E-state index contributed by atoms with van der Waals surface area (Å²) in [6, 6.07) is 3.16. The summed E-state index contributed by atoms with van der Waals surface area (Å²) in [5.74, 6) is -0.244. The number of aromatic nitrogens is 1. The highest BCUT2D eigenvalue weighted by Gasteiger charge is 1.99. The quantitative estimate of drug-likeness (QED) is 0.741. The van der Waals surface area contributed by atoms with Gasteiger partial charge in [0.25, 0.3) is 0 Å². The number of nitrogens with zero attached hydrogens (tertiary/aromatic N) is 1.